The van der Waals surface area contributed by atoms with E-state index in [0.29, 0.717) is 16.7 Å². The summed E-state index contributed by atoms with van der Waals surface area (Å²) in [6.07, 6.45) is 0. The van der Waals surface area contributed by atoms with Crippen molar-refractivity contribution in [1.82, 2.24) is 9.13 Å². The first-order chi connectivity index (χ1) is 24.7. The van der Waals surface area contributed by atoms with Gasteiger partial charge in [0.05, 0.1) is 56.6 Å². The quantitative estimate of drug-likeness (QED) is 0.193. The van der Waals surface area contributed by atoms with Crippen molar-refractivity contribution in [2.75, 3.05) is 0 Å². The third-order valence-corrected chi connectivity index (χ3v) is 9.63. The van der Waals surface area contributed by atoms with Gasteiger partial charge in [0.1, 0.15) is 6.07 Å². The van der Waals surface area contributed by atoms with Gasteiger partial charge < -0.3 is 9.13 Å². The minimum atomic E-state index is 0.550. The van der Waals surface area contributed by atoms with Gasteiger partial charge in [-0.1, -0.05) is 84.9 Å². The SMILES string of the molecule is N#Cc1ccc2c(c1)c1cccc(C#N)c1n2-c1ccccc1-c1ccc(C#N)c(-c2cccc(-n3c4ccccc4c4ccccc43)c2)c1. The minimum absolute atomic E-state index is 0.550. The summed E-state index contributed by atoms with van der Waals surface area (Å²) in [4.78, 5) is 0. The Hall–Kier alpha value is -7.39. The second-order valence-electron chi connectivity index (χ2n) is 12.3. The zero-order valence-corrected chi connectivity index (χ0v) is 26.7. The van der Waals surface area contributed by atoms with Crippen molar-refractivity contribution < 1.29 is 0 Å². The molecule has 0 aliphatic rings. The number of nitriles is 3. The summed E-state index contributed by atoms with van der Waals surface area (Å²) in [7, 11) is 0. The van der Waals surface area contributed by atoms with Crippen LogP contribution >= 0.6 is 0 Å². The molecule has 2 aromatic heterocycles. The first-order valence-electron chi connectivity index (χ1n) is 16.3. The molecule has 9 rings (SSSR count). The average Bonchev–Trinajstić information content (AvgIpc) is 3.70. The largest absolute Gasteiger partial charge is 0.309 e. The molecule has 7 aromatic carbocycles. The Bertz CT molecular complexity index is 2920. The van der Waals surface area contributed by atoms with E-state index >= 15 is 0 Å². The standard InChI is InChI=1S/C45H25N5/c46-26-29-19-22-44-40(23-29)38-15-8-10-33(28-48)45(38)50(44)41-16-4-1-12-35(41)31-20-21-32(27-47)39(25-31)30-9-7-11-34(24-30)49-42-17-5-2-13-36(42)37-14-3-6-18-43(37)49/h1-25H. The summed E-state index contributed by atoms with van der Waals surface area (Å²) >= 11 is 0. The lowest BCUT2D eigenvalue weighted by Gasteiger charge is -2.16. The van der Waals surface area contributed by atoms with E-state index in [1.165, 1.54) is 10.8 Å². The molecule has 0 N–H and O–H groups in total. The molecule has 5 heteroatoms. The first kappa shape index (κ1) is 28.8. The lowest BCUT2D eigenvalue weighted by molar-refractivity contribution is 1.18. The van der Waals surface area contributed by atoms with Crippen molar-refractivity contribution in [2.24, 2.45) is 0 Å². The highest BCUT2D eigenvalue weighted by molar-refractivity contribution is 6.12. The van der Waals surface area contributed by atoms with E-state index in [9.17, 15) is 15.8 Å². The topological polar surface area (TPSA) is 81.2 Å². The van der Waals surface area contributed by atoms with Gasteiger partial charge in [-0.3, -0.25) is 0 Å². The van der Waals surface area contributed by atoms with Crippen molar-refractivity contribution >= 4 is 43.6 Å². The van der Waals surface area contributed by atoms with Crippen molar-refractivity contribution in [1.29, 1.82) is 15.8 Å². The Kier molecular flexibility index (Phi) is 6.56. The highest BCUT2D eigenvalue weighted by Crippen LogP contribution is 2.40. The second kappa shape index (κ2) is 11.4. The van der Waals surface area contributed by atoms with E-state index in [1.807, 2.05) is 66.7 Å². The van der Waals surface area contributed by atoms with Crippen LogP contribution in [0.1, 0.15) is 16.7 Å². The first-order valence-corrected chi connectivity index (χ1v) is 16.3. The molecule has 0 fully saturated rings. The maximum absolute atomic E-state index is 10.3. The lowest BCUT2D eigenvalue weighted by atomic mass is 9.94. The second-order valence-corrected chi connectivity index (χ2v) is 12.3. The molecular formula is C45H25N5. The third kappa shape index (κ3) is 4.31. The van der Waals surface area contributed by atoms with Crippen molar-refractivity contribution in [2.45, 2.75) is 0 Å². The van der Waals surface area contributed by atoms with E-state index in [4.69, 9.17) is 0 Å². The minimum Gasteiger partial charge on any atom is -0.309 e. The zero-order chi connectivity index (χ0) is 33.8. The molecule has 0 saturated heterocycles. The average molecular weight is 636 g/mol. The smallest absolute Gasteiger partial charge is 0.101 e. The van der Waals surface area contributed by atoms with Crippen LogP contribution < -0.4 is 0 Å². The van der Waals surface area contributed by atoms with Crippen molar-refractivity contribution in [3.05, 3.63) is 168 Å². The van der Waals surface area contributed by atoms with Gasteiger partial charge in [0.2, 0.25) is 0 Å². The highest BCUT2D eigenvalue weighted by atomic mass is 15.0. The van der Waals surface area contributed by atoms with Crippen LogP contribution in [0.3, 0.4) is 0 Å². The number of para-hydroxylation sites is 4. The van der Waals surface area contributed by atoms with Crippen LogP contribution in [-0.2, 0) is 0 Å². The summed E-state index contributed by atoms with van der Waals surface area (Å²) in [5, 5.41) is 34.4. The molecule has 0 bridgehead atoms. The summed E-state index contributed by atoms with van der Waals surface area (Å²) in [5.74, 6) is 0. The van der Waals surface area contributed by atoms with Gasteiger partial charge in [0.25, 0.3) is 0 Å². The van der Waals surface area contributed by atoms with Crippen LogP contribution in [0.5, 0.6) is 0 Å². The molecule has 50 heavy (non-hydrogen) atoms. The van der Waals surface area contributed by atoms with Gasteiger partial charge in [-0.25, -0.2) is 0 Å². The van der Waals surface area contributed by atoms with Gasteiger partial charge in [-0.2, -0.15) is 15.8 Å². The summed E-state index contributed by atoms with van der Waals surface area (Å²) in [6.45, 7) is 0. The third-order valence-electron chi connectivity index (χ3n) is 9.63. The summed E-state index contributed by atoms with van der Waals surface area (Å²) in [6, 6.07) is 57.8. The van der Waals surface area contributed by atoms with Crippen molar-refractivity contribution in [3.63, 3.8) is 0 Å². The molecular weight excluding hydrogens is 611 g/mol. The number of rotatable bonds is 4. The highest BCUT2D eigenvalue weighted by Gasteiger charge is 2.20. The molecule has 0 spiro atoms. The molecule has 5 nitrogen and oxygen atoms in total. The summed E-state index contributed by atoms with van der Waals surface area (Å²) < 4.78 is 4.41. The van der Waals surface area contributed by atoms with E-state index < -0.39 is 0 Å². The Morgan fingerprint density at radius 1 is 0.400 bits per heavy atom. The Morgan fingerprint density at radius 3 is 1.82 bits per heavy atom. The molecule has 2 heterocycles. The maximum atomic E-state index is 10.3. The van der Waals surface area contributed by atoms with Crippen LogP contribution in [0, 0.1) is 34.0 Å². The van der Waals surface area contributed by atoms with E-state index in [0.717, 1.165) is 66.5 Å². The normalized spacial score (nSPS) is 11.1. The van der Waals surface area contributed by atoms with E-state index in [1.54, 1.807) is 0 Å². The van der Waals surface area contributed by atoms with Gasteiger partial charge in [0.15, 0.2) is 0 Å². The van der Waals surface area contributed by atoms with Gasteiger partial charge >= 0.3 is 0 Å². The van der Waals surface area contributed by atoms with Crippen LogP contribution in [0.25, 0.3) is 77.2 Å². The number of fused-ring (bicyclic) bond motifs is 6. The maximum Gasteiger partial charge on any atom is 0.101 e. The number of benzene rings is 7. The molecule has 0 radical (unpaired) electrons. The Balaban J connectivity index is 1.25. The fraction of sp³-hybridized carbons (Fsp3) is 0. The van der Waals surface area contributed by atoms with Crippen LogP contribution in [0.4, 0.5) is 0 Å². The van der Waals surface area contributed by atoms with Crippen LogP contribution in [0.15, 0.2) is 152 Å². The Labute approximate surface area is 287 Å². The van der Waals surface area contributed by atoms with Gasteiger partial charge in [-0.05, 0) is 77.9 Å². The predicted octanol–water partition coefficient (Wildman–Crippen LogP) is 10.8. The van der Waals surface area contributed by atoms with Gasteiger partial charge in [-0.15, -0.1) is 0 Å². The lowest BCUT2D eigenvalue weighted by Crippen LogP contribution is -1.99. The number of nitrogens with zero attached hydrogens (tertiary/aromatic N) is 5. The van der Waals surface area contributed by atoms with Crippen LogP contribution in [-0.4, -0.2) is 9.13 Å². The number of hydrogen-bond donors (Lipinski definition) is 0. The molecule has 230 valence electrons. The predicted molar refractivity (Wildman–Crippen MR) is 200 cm³/mol. The molecule has 0 saturated carbocycles. The van der Waals surface area contributed by atoms with Crippen molar-refractivity contribution in [3.8, 4) is 51.8 Å². The molecule has 0 amide bonds. The zero-order valence-electron chi connectivity index (χ0n) is 26.7. The van der Waals surface area contributed by atoms with E-state index in [-0.39, 0.29) is 0 Å². The fourth-order valence-corrected chi connectivity index (χ4v) is 7.45. The monoisotopic (exact) mass is 635 g/mol. The van der Waals surface area contributed by atoms with Gasteiger partial charge in [0, 0.05) is 38.4 Å². The number of hydrogen-bond acceptors (Lipinski definition) is 3. The molecule has 0 unspecified atom stereocenters. The summed E-state index contributed by atoms with van der Waals surface area (Å²) in [5.41, 5.74) is 11.2. The Morgan fingerprint density at radius 2 is 1.06 bits per heavy atom. The molecule has 0 aliphatic heterocycles. The molecule has 0 atom stereocenters. The van der Waals surface area contributed by atoms with E-state index in [2.05, 4.69) is 112 Å². The molecule has 0 aliphatic carbocycles. The van der Waals surface area contributed by atoms with Crippen LogP contribution in [0.2, 0.25) is 0 Å². The fourth-order valence-electron chi connectivity index (χ4n) is 7.45. The molecule has 9 aromatic rings. The number of aromatic nitrogens is 2.